The van der Waals surface area contributed by atoms with Gasteiger partial charge in [0.1, 0.15) is 0 Å². The summed E-state index contributed by atoms with van der Waals surface area (Å²) in [5, 5.41) is 10.7. The van der Waals surface area contributed by atoms with E-state index in [0.29, 0.717) is 11.3 Å². The van der Waals surface area contributed by atoms with Crippen LogP contribution in [-0.2, 0) is 0 Å². The predicted octanol–water partition coefficient (Wildman–Crippen LogP) is 3.47. The lowest BCUT2D eigenvalue weighted by molar-refractivity contribution is -0.0302. The molecule has 0 spiro atoms. The van der Waals surface area contributed by atoms with Crippen molar-refractivity contribution < 1.29 is 5.11 Å². The quantitative estimate of drug-likeness (QED) is 0.665. The lowest BCUT2D eigenvalue weighted by atomic mass is 9.74. The Labute approximate surface area is 99.6 Å². The lowest BCUT2D eigenvalue weighted by Crippen LogP contribution is -2.38. The Morgan fingerprint density at radius 1 is 1.00 bits per heavy atom. The average molecular weight is 222 g/mol. The molecule has 92 valence electrons. The summed E-state index contributed by atoms with van der Waals surface area (Å²) in [6.07, 6.45) is 4.89. The molecule has 4 unspecified atom stereocenters. The molecule has 1 heteroatoms. The van der Waals surface area contributed by atoms with Gasteiger partial charge in [-0.05, 0) is 61.2 Å². The minimum atomic E-state index is -0.376. The Morgan fingerprint density at radius 2 is 1.69 bits per heavy atom. The Morgan fingerprint density at radius 3 is 2.38 bits per heavy atom. The van der Waals surface area contributed by atoms with Crippen LogP contribution >= 0.6 is 0 Å². The second-order valence-corrected chi connectivity index (χ2v) is 7.59. The van der Waals surface area contributed by atoms with Gasteiger partial charge >= 0.3 is 0 Å². The van der Waals surface area contributed by atoms with Gasteiger partial charge < -0.3 is 5.11 Å². The van der Waals surface area contributed by atoms with Gasteiger partial charge in [-0.1, -0.05) is 27.2 Å². The summed E-state index contributed by atoms with van der Waals surface area (Å²) in [5.41, 5.74) is 0.191. The summed E-state index contributed by atoms with van der Waals surface area (Å²) in [7, 11) is 0. The van der Waals surface area contributed by atoms with E-state index in [4.69, 9.17) is 0 Å². The van der Waals surface area contributed by atoms with Crippen molar-refractivity contribution in [3.8, 4) is 0 Å². The average Bonchev–Trinajstić information content (AvgIpc) is 2.51. The van der Waals surface area contributed by atoms with Gasteiger partial charge in [0.25, 0.3) is 0 Å². The highest BCUT2D eigenvalue weighted by Gasteiger charge is 2.66. The second-order valence-electron chi connectivity index (χ2n) is 7.59. The van der Waals surface area contributed by atoms with Gasteiger partial charge in [0.2, 0.25) is 0 Å². The number of hydrogen-bond donors (Lipinski definition) is 1. The zero-order valence-electron chi connectivity index (χ0n) is 11.2. The number of hydrogen-bond acceptors (Lipinski definition) is 1. The first-order valence-electron chi connectivity index (χ1n) is 7.08. The molecule has 3 aliphatic carbocycles. The molecule has 3 fully saturated rings. The van der Waals surface area contributed by atoms with Crippen LogP contribution in [0.4, 0.5) is 0 Å². The molecule has 1 N–H and O–H groups in total. The molecule has 0 aromatic heterocycles. The molecule has 0 radical (unpaired) electrons. The molecule has 0 saturated heterocycles. The van der Waals surface area contributed by atoms with Gasteiger partial charge in [0.05, 0.1) is 5.60 Å². The second kappa shape index (κ2) is 3.04. The molecule has 0 heterocycles. The van der Waals surface area contributed by atoms with Crippen molar-refractivity contribution in [3.05, 3.63) is 0 Å². The highest BCUT2D eigenvalue weighted by molar-refractivity contribution is 5.14. The van der Waals surface area contributed by atoms with Crippen molar-refractivity contribution in [2.45, 2.75) is 59.0 Å². The fraction of sp³-hybridized carbons (Fsp3) is 1.00. The molecule has 3 rings (SSSR count). The molecule has 6 atom stereocenters. The maximum atomic E-state index is 10.7. The summed E-state index contributed by atoms with van der Waals surface area (Å²) >= 11 is 0. The van der Waals surface area contributed by atoms with E-state index in [0.717, 1.165) is 30.1 Å². The van der Waals surface area contributed by atoms with Crippen LogP contribution < -0.4 is 0 Å². The predicted molar refractivity (Wildman–Crippen MR) is 66.0 cm³/mol. The highest BCUT2D eigenvalue weighted by Crippen LogP contribution is 2.71. The molecule has 16 heavy (non-hydrogen) atoms. The first-order valence-corrected chi connectivity index (χ1v) is 7.08. The standard InChI is InChI=1S/C15H26O/c1-9-5-6-10-12(9)13-11(14(13,2)3)7-8-15(10,4)16/h9-13,16H,5-8H2,1-4H3/t9-,10?,11?,12?,13?,15-/m0/s1. The van der Waals surface area contributed by atoms with Gasteiger partial charge in [0.15, 0.2) is 0 Å². The third-order valence-electron chi connectivity index (χ3n) is 6.37. The van der Waals surface area contributed by atoms with E-state index < -0.39 is 0 Å². The SMILES string of the molecule is C[C@H]1CCC2C1C1C(CC[C@]2(C)O)C1(C)C. The van der Waals surface area contributed by atoms with Crippen molar-refractivity contribution >= 4 is 0 Å². The van der Waals surface area contributed by atoms with Gasteiger partial charge in [-0.3, -0.25) is 0 Å². The molecule has 1 nitrogen and oxygen atoms in total. The summed E-state index contributed by atoms with van der Waals surface area (Å²) in [6, 6.07) is 0. The van der Waals surface area contributed by atoms with Gasteiger partial charge in [0, 0.05) is 0 Å². The fourth-order valence-electron chi connectivity index (χ4n) is 5.29. The first-order chi connectivity index (χ1) is 7.36. The Hall–Kier alpha value is -0.0400. The zero-order valence-corrected chi connectivity index (χ0v) is 11.2. The van der Waals surface area contributed by atoms with Crippen molar-refractivity contribution in [1.82, 2.24) is 0 Å². The van der Waals surface area contributed by atoms with E-state index >= 15 is 0 Å². The Bertz CT molecular complexity index is 305. The molecule has 3 saturated carbocycles. The van der Waals surface area contributed by atoms with Crippen molar-refractivity contribution in [2.24, 2.45) is 35.0 Å². The van der Waals surface area contributed by atoms with Crippen LogP contribution in [0.5, 0.6) is 0 Å². The van der Waals surface area contributed by atoms with Crippen LogP contribution in [0.15, 0.2) is 0 Å². The Kier molecular flexibility index (Phi) is 2.11. The van der Waals surface area contributed by atoms with Gasteiger partial charge in [-0.25, -0.2) is 0 Å². The van der Waals surface area contributed by atoms with Crippen molar-refractivity contribution in [3.63, 3.8) is 0 Å². The minimum absolute atomic E-state index is 0.376. The summed E-state index contributed by atoms with van der Waals surface area (Å²) in [4.78, 5) is 0. The van der Waals surface area contributed by atoms with Crippen LogP contribution in [0.3, 0.4) is 0 Å². The first kappa shape index (κ1) is 11.1. The van der Waals surface area contributed by atoms with Crippen LogP contribution in [0.25, 0.3) is 0 Å². The van der Waals surface area contributed by atoms with E-state index in [9.17, 15) is 5.11 Å². The summed E-state index contributed by atoms with van der Waals surface area (Å²) in [6.45, 7) is 9.41. The molecular weight excluding hydrogens is 196 g/mol. The molecule has 0 aromatic rings. The van der Waals surface area contributed by atoms with E-state index in [2.05, 4.69) is 27.7 Å². The third kappa shape index (κ3) is 1.27. The maximum absolute atomic E-state index is 10.7. The fourth-order valence-corrected chi connectivity index (χ4v) is 5.29. The van der Waals surface area contributed by atoms with Crippen LogP contribution in [-0.4, -0.2) is 10.7 Å². The zero-order chi connectivity index (χ0) is 11.7. The summed E-state index contributed by atoms with van der Waals surface area (Å²) < 4.78 is 0. The molecule has 0 bridgehead atoms. The Balaban J connectivity index is 1.94. The van der Waals surface area contributed by atoms with Crippen LogP contribution in [0, 0.1) is 35.0 Å². The smallest absolute Gasteiger partial charge is 0.0650 e. The van der Waals surface area contributed by atoms with Crippen LogP contribution in [0.1, 0.15) is 53.4 Å². The van der Waals surface area contributed by atoms with Gasteiger partial charge in [-0.2, -0.15) is 0 Å². The number of fused-ring (bicyclic) bond motifs is 3. The van der Waals surface area contributed by atoms with E-state index in [-0.39, 0.29) is 5.60 Å². The van der Waals surface area contributed by atoms with Crippen molar-refractivity contribution in [1.29, 1.82) is 0 Å². The van der Waals surface area contributed by atoms with E-state index in [1.165, 1.54) is 19.3 Å². The number of aliphatic hydroxyl groups is 1. The summed E-state index contributed by atoms with van der Waals surface area (Å²) in [5.74, 6) is 4.03. The largest absolute Gasteiger partial charge is 0.390 e. The topological polar surface area (TPSA) is 20.2 Å². The van der Waals surface area contributed by atoms with Gasteiger partial charge in [-0.15, -0.1) is 0 Å². The maximum Gasteiger partial charge on any atom is 0.0650 e. The molecular formula is C15H26O. The van der Waals surface area contributed by atoms with E-state index in [1.54, 1.807) is 0 Å². The van der Waals surface area contributed by atoms with Crippen LogP contribution in [0.2, 0.25) is 0 Å². The monoisotopic (exact) mass is 222 g/mol. The third-order valence-corrected chi connectivity index (χ3v) is 6.37. The minimum Gasteiger partial charge on any atom is -0.390 e. The molecule has 3 aliphatic rings. The molecule has 0 aromatic carbocycles. The normalized spacial score (nSPS) is 58.7. The lowest BCUT2D eigenvalue weighted by Gasteiger charge is -2.35. The highest BCUT2D eigenvalue weighted by atomic mass is 16.3. The molecule has 0 aliphatic heterocycles. The molecule has 0 amide bonds. The number of rotatable bonds is 0. The van der Waals surface area contributed by atoms with E-state index in [1.807, 2.05) is 0 Å². The van der Waals surface area contributed by atoms with Crippen molar-refractivity contribution in [2.75, 3.05) is 0 Å².